The van der Waals surface area contributed by atoms with Gasteiger partial charge >= 0.3 is 5.97 Å². The summed E-state index contributed by atoms with van der Waals surface area (Å²) in [5.41, 5.74) is 3.24. The van der Waals surface area contributed by atoms with Gasteiger partial charge in [-0.15, -0.1) is 0 Å². The molecule has 0 aliphatic carbocycles. The van der Waals surface area contributed by atoms with E-state index in [0.29, 0.717) is 43.3 Å². The second-order valence-corrected chi connectivity index (χ2v) is 9.19. The second kappa shape index (κ2) is 12.2. The molecule has 0 spiro atoms. The molecule has 36 heavy (non-hydrogen) atoms. The fourth-order valence-electron chi connectivity index (χ4n) is 4.23. The predicted octanol–water partition coefficient (Wildman–Crippen LogP) is 4.41. The lowest BCUT2D eigenvalue weighted by Crippen LogP contribution is -2.39. The molecule has 1 aliphatic heterocycles. The van der Waals surface area contributed by atoms with Crippen LogP contribution in [0, 0.1) is 0 Å². The van der Waals surface area contributed by atoms with E-state index in [1.807, 2.05) is 55.5 Å². The molecular weight excluding hydrogens is 484 g/mol. The molecule has 0 radical (unpaired) electrons. The van der Waals surface area contributed by atoms with E-state index in [-0.39, 0.29) is 30.0 Å². The minimum absolute atomic E-state index is 0.0573. The lowest BCUT2D eigenvalue weighted by Gasteiger charge is -2.34. The van der Waals surface area contributed by atoms with Gasteiger partial charge in [-0.1, -0.05) is 48.0 Å². The molecule has 2 heterocycles. The maximum Gasteiger partial charge on any atom is 0.303 e. The van der Waals surface area contributed by atoms with E-state index in [0.717, 1.165) is 16.7 Å². The maximum atomic E-state index is 12.6. The summed E-state index contributed by atoms with van der Waals surface area (Å²) in [6.45, 7) is 2.61. The first-order valence-electron chi connectivity index (χ1n) is 11.9. The number of halogens is 1. The number of carbonyl (C=O) groups excluding carboxylic acids is 1. The number of ether oxygens (including phenoxy) is 2. The van der Waals surface area contributed by atoms with Crippen LogP contribution in [0.25, 0.3) is 0 Å². The largest absolute Gasteiger partial charge is 0.481 e. The number of hydrogen-bond acceptors (Lipinski definition) is 6. The zero-order valence-corrected chi connectivity index (χ0v) is 20.7. The minimum atomic E-state index is -0.836. The number of benzene rings is 2. The SMILES string of the molecule is CC1OCC(c2nc(C(=O)NCCc3ccc(Cl)cc3)co2)C(Cc2ccccc2CCC(=O)O)O1. The molecule has 2 N–H and O–H groups in total. The number of amides is 1. The topological polar surface area (TPSA) is 111 Å². The molecule has 1 saturated heterocycles. The van der Waals surface area contributed by atoms with Crippen molar-refractivity contribution in [3.05, 3.63) is 88.1 Å². The van der Waals surface area contributed by atoms with Crippen molar-refractivity contribution in [3.8, 4) is 0 Å². The highest BCUT2D eigenvalue weighted by molar-refractivity contribution is 6.30. The van der Waals surface area contributed by atoms with Crippen LogP contribution in [0.3, 0.4) is 0 Å². The second-order valence-electron chi connectivity index (χ2n) is 8.75. The average molecular weight is 513 g/mol. The van der Waals surface area contributed by atoms with Crippen molar-refractivity contribution >= 4 is 23.5 Å². The number of nitrogens with zero attached hydrogens (tertiary/aromatic N) is 1. The molecule has 0 saturated carbocycles. The molecule has 9 heteroatoms. The van der Waals surface area contributed by atoms with Crippen molar-refractivity contribution < 1.29 is 28.6 Å². The highest BCUT2D eigenvalue weighted by Crippen LogP contribution is 2.31. The Morgan fingerprint density at radius 2 is 1.86 bits per heavy atom. The first-order chi connectivity index (χ1) is 17.4. The number of aliphatic carboxylic acids is 1. The summed E-state index contributed by atoms with van der Waals surface area (Å²) >= 11 is 5.91. The van der Waals surface area contributed by atoms with Crippen LogP contribution in [-0.4, -0.2) is 47.5 Å². The van der Waals surface area contributed by atoms with Crippen LogP contribution in [-0.2, 0) is 33.5 Å². The Morgan fingerprint density at radius 1 is 1.11 bits per heavy atom. The molecule has 3 unspecified atom stereocenters. The number of carbonyl (C=O) groups is 2. The highest BCUT2D eigenvalue weighted by atomic mass is 35.5. The summed E-state index contributed by atoms with van der Waals surface area (Å²) in [7, 11) is 0. The standard InChI is InChI=1S/C27H29ClN2O6/c1-17-34-15-22(24(36-17)14-20-5-3-2-4-19(20)8-11-25(31)32)27-30-23(16-35-27)26(33)29-13-12-18-6-9-21(28)10-7-18/h2-7,9-10,16-17,22,24H,8,11-15H2,1H3,(H,29,33)(H,31,32). The van der Waals surface area contributed by atoms with E-state index in [1.165, 1.54) is 6.26 Å². The van der Waals surface area contributed by atoms with Gasteiger partial charge in [0.15, 0.2) is 12.0 Å². The van der Waals surface area contributed by atoms with Gasteiger partial charge in [-0.3, -0.25) is 9.59 Å². The summed E-state index contributed by atoms with van der Waals surface area (Å²) in [6.07, 6.45) is 2.35. The van der Waals surface area contributed by atoms with Crippen LogP contribution in [0.1, 0.15) is 52.3 Å². The summed E-state index contributed by atoms with van der Waals surface area (Å²) in [5.74, 6) is -1.10. The molecule has 1 amide bonds. The Morgan fingerprint density at radius 3 is 2.61 bits per heavy atom. The van der Waals surface area contributed by atoms with E-state index < -0.39 is 12.3 Å². The molecule has 3 atom stereocenters. The predicted molar refractivity (Wildman–Crippen MR) is 133 cm³/mol. The van der Waals surface area contributed by atoms with Gasteiger partial charge in [-0.25, -0.2) is 4.98 Å². The summed E-state index contributed by atoms with van der Waals surface area (Å²) in [5, 5.41) is 12.6. The number of carboxylic acids is 1. The van der Waals surface area contributed by atoms with Crippen LogP contribution in [0.5, 0.6) is 0 Å². The average Bonchev–Trinajstić information content (AvgIpc) is 3.35. The van der Waals surface area contributed by atoms with Crippen LogP contribution in [0.15, 0.2) is 59.2 Å². The number of oxazole rings is 1. The number of hydrogen-bond donors (Lipinski definition) is 2. The van der Waals surface area contributed by atoms with Crippen molar-refractivity contribution in [2.45, 2.75) is 50.9 Å². The fourth-order valence-corrected chi connectivity index (χ4v) is 4.36. The highest BCUT2D eigenvalue weighted by Gasteiger charge is 2.35. The van der Waals surface area contributed by atoms with E-state index in [1.54, 1.807) is 0 Å². The van der Waals surface area contributed by atoms with Gasteiger partial charge in [0, 0.05) is 18.0 Å². The number of nitrogens with one attached hydrogen (secondary N) is 1. The molecule has 1 aliphatic rings. The molecule has 1 aromatic heterocycles. The molecular formula is C27H29ClN2O6. The van der Waals surface area contributed by atoms with E-state index in [4.69, 9.17) is 30.6 Å². The number of rotatable bonds is 10. The number of aromatic nitrogens is 1. The zero-order valence-electron chi connectivity index (χ0n) is 20.0. The summed E-state index contributed by atoms with van der Waals surface area (Å²) in [6, 6.07) is 15.2. The minimum Gasteiger partial charge on any atom is -0.481 e. The number of carboxylic acid groups (broad SMARTS) is 1. The van der Waals surface area contributed by atoms with Crippen molar-refractivity contribution in [1.29, 1.82) is 0 Å². The Bertz CT molecular complexity index is 1180. The summed E-state index contributed by atoms with van der Waals surface area (Å²) in [4.78, 5) is 28.1. The Kier molecular flexibility index (Phi) is 8.74. The first-order valence-corrected chi connectivity index (χ1v) is 12.3. The lowest BCUT2D eigenvalue weighted by atomic mass is 9.91. The van der Waals surface area contributed by atoms with Gasteiger partial charge in [0.05, 0.1) is 18.6 Å². The third-order valence-electron chi connectivity index (χ3n) is 6.16. The number of aryl methyl sites for hydroxylation is 1. The first kappa shape index (κ1) is 25.9. The van der Waals surface area contributed by atoms with Crippen molar-refractivity contribution in [2.24, 2.45) is 0 Å². The van der Waals surface area contributed by atoms with Gasteiger partial charge in [0.25, 0.3) is 5.91 Å². The zero-order chi connectivity index (χ0) is 25.5. The van der Waals surface area contributed by atoms with Gasteiger partial charge in [-0.2, -0.15) is 0 Å². The monoisotopic (exact) mass is 512 g/mol. The van der Waals surface area contributed by atoms with Gasteiger partial charge in [-0.05, 0) is 55.0 Å². The quantitative estimate of drug-likeness (QED) is 0.414. The van der Waals surface area contributed by atoms with Gasteiger partial charge in [0.1, 0.15) is 6.26 Å². The molecule has 4 rings (SSSR count). The molecule has 0 bridgehead atoms. The van der Waals surface area contributed by atoms with Crippen molar-refractivity contribution in [2.75, 3.05) is 13.2 Å². The molecule has 190 valence electrons. The van der Waals surface area contributed by atoms with Gasteiger partial charge < -0.3 is 24.3 Å². The van der Waals surface area contributed by atoms with Crippen molar-refractivity contribution in [1.82, 2.24) is 10.3 Å². The molecule has 1 fully saturated rings. The van der Waals surface area contributed by atoms with Crippen LogP contribution >= 0.6 is 11.6 Å². The Balaban J connectivity index is 1.41. The van der Waals surface area contributed by atoms with Crippen LogP contribution in [0.4, 0.5) is 0 Å². The lowest BCUT2D eigenvalue weighted by molar-refractivity contribution is -0.214. The van der Waals surface area contributed by atoms with Crippen LogP contribution in [0.2, 0.25) is 5.02 Å². The molecule has 3 aromatic rings. The van der Waals surface area contributed by atoms with E-state index in [2.05, 4.69) is 10.3 Å². The Labute approximate surface area is 214 Å². The molecule has 8 nitrogen and oxygen atoms in total. The van der Waals surface area contributed by atoms with Crippen LogP contribution < -0.4 is 5.32 Å². The maximum absolute atomic E-state index is 12.6. The van der Waals surface area contributed by atoms with E-state index >= 15 is 0 Å². The third-order valence-corrected chi connectivity index (χ3v) is 6.41. The smallest absolute Gasteiger partial charge is 0.303 e. The Hall–Kier alpha value is -3.20. The van der Waals surface area contributed by atoms with E-state index in [9.17, 15) is 9.59 Å². The van der Waals surface area contributed by atoms with Gasteiger partial charge in [0.2, 0.25) is 5.89 Å². The summed E-state index contributed by atoms with van der Waals surface area (Å²) < 4.78 is 17.5. The third kappa shape index (κ3) is 6.94. The normalized spacial score (nSPS) is 19.7. The van der Waals surface area contributed by atoms with Crippen molar-refractivity contribution in [3.63, 3.8) is 0 Å². The molecule has 2 aromatic carbocycles. The fraction of sp³-hybridized carbons (Fsp3) is 0.370.